The van der Waals surface area contributed by atoms with Gasteiger partial charge in [0.25, 0.3) is 0 Å². The van der Waals surface area contributed by atoms with Crippen molar-refractivity contribution < 1.29 is 9.90 Å². The van der Waals surface area contributed by atoms with Crippen molar-refractivity contribution in [2.75, 3.05) is 6.54 Å². The molecule has 0 aliphatic heterocycles. The van der Waals surface area contributed by atoms with E-state index in [9.17, 15) is 9.90 Å². The van der Waals surface area contributed by atoms with Gasteiger partial charge in [-0.3, -0.25) is 4.79 Å². The molecule has 0 bridgehead atoms. The lowest BCUT2D eigenvalue weighted by Crippen LogP contribution is -2.40. The first-order valence-corrected chi connectivity index (χ1v) is 8.06. The Balaban J connectivity index is 2.01. The van der Waals surface area contributed by atoms with Gasteiger partial charge in [-0.15, -0.1) is 0 Å². The van der Waals surface area contributed by atoms with Crippen molar-refractivity contribution in [3.8, 4) is 0 Å². The molecule has 0 radical (unpaired) electrons. The molecule has 112 valence electrons. The van der Waals surface area contributed by atoms with Gasteiger partial charge < -0.3 is 10.4 Å². The summed E-state index contributed by atoms with van der Waals surface area (Å²) in [5, 5.41) is 17.1. The fourth-order valence-corrected chi connectivity index (χ4v) is 3.10. The highest BCUT2D eigenvalue weighted by Crippen LogP contribution is 2.23. The van der Waals surface area contributed by atoms with Gasteiger partial charge in [0.05, 0.1) is 12.5 Å². The number of carbonyl (C=O) groups excluding carboxylic acids is 1. The quantitative estimate of drug-likeness (QED) is 0.860. The van der Waals surface area contributed by atoms with Crippen molar-refractivity contribution in [2.45, 2.75) is 31.8 Å². The molecule has 1 heterocycles. The molecular formula is C17H21NO2S. The maximum atomic E-state index is 12.4. The summed E-state index contributed by atoms with van der Waals surface area (Å²) in [4.78, 5) is 12.4. The predicted molar refractivity (Wildman–Crippen MR) is 86.4 cm³/mol. The van der Waals surface area contributed by atoms with Crippen molar-refractivity contribution in [3.05, 3.63) is 58.3 Å². The van der Waals surface area contributed by atoms with Gasteiger partial charge in [-0.1, -0.05) is 37.3 Å². The molecule has 0 aliphatic rings. The zero-order valence-electron chi connectivity index (χ0n) is 12.4. The fraction of sp³-hybridized carbons (Fsp3) is 0.353. The van der Waals surface area contributed by atoms with Crippen LogP contribution < -0.4 is 5.32 Å². The van der Waals surface area contributed by atoms with Crippen LogP contribution in [0.5, 0.6) is 0 Å². The van der Waals surface area contributed by atoms with Crippen LogP contribution in [-0.4, -0.2) is 17.6 Å². The van der Waals surface area contributed by atoms with Gasteiger partial charge in [0.1, 0.15) is 5.60 Å². The number of amides is 1. The summed E-state index contributed by atoms with van der Waals surface area (Å²) >= 11 is 1.54. The average Bonchev–Trinajstić information content (AvgIpc) is 3.02. The summed E-state index contributed by atoms with van der Waals surface area (Å²) in [5.74, 6) is -0.219. The van der Waals surface area contributed by atoms with Crippen LogP contribution in [0.25, 0.3) is 0 Å². The van der Waals surface area contributed by atoms with E-state index < -0.39 is 5.60 Å². The molecule has 0 saturated carbocycles. The van der Waals surface area contributed by atoms with Crippen LogP contribution in [-0.2, 0) is 10.4 Å². The molecule has 1 amide bonds. The summed E-state index contributed by atoms with van der Waals surface area (Å²) in [6.45, 7) is 3.93. The van der Waals surface area contributed by atoms with Gasteiger partial charge in [0.2, 0.25) is 5.91 Å². The van der Waals surface area contributed by atoms with E-state index in [1.54, 1.807) is 6.92 Å². The highest BCUT2D eigenvalue weighted by atomic mass is 32.1. The summed E-state index contributed by atoms with van der Waals surface area (Å²) < 4.78 is 0. The number of hydrogen-bond donors (Lipinski definition) is 2. The molecule has 3 nitrogen and oxygen atoms in total. The zero-order valence-corrected chi connectivity index (χ0v) is 13.2. The van der Waals surface area contributed by atoms with Crippen LogP contribution in [0, 0.1) is 0 Å². The third-order valence-corrected chi connectivity index (χ3v) is 4.36. The molecule has 1 aromatic heterocycles. The van der Waals surface area contributed by atoms with E-state index in [-0.39, 0.29) is 18.4 Å². The highest BCUT2D eigenvalue weighted by Gasteiger charge is 2.26. The third kappa shape index (κ3) is 3.93. The Morgan fingerprint density at radius 1 is 1.33 bits per heavy atom. The Kier molecular flexibility index (Phi) is 5.15. The minimum atomic E-state index is -1.04. The smallest absolute Gasteiger partial charge is 0.227 e. The second-order valence-corrected chi connectivity index (χ2v) is 6.16. The molecule has 2 rings (SSSR count). The monoisotopic (exact) mass is 303 g/mol. The molecule has 4 heteroatoms. The molecule has 0 saturated heterocycles. The molecule has 0 aliphatic carbocycles. The van der Waals surface area contributed by atoms with Gasteiger partial charge in [0, 0.05) is 0 Å². The topological polar surface area (TPSA) is 49.3 Å². The lowest BCUT2D eigenvalue weighted by atomic mass is 9.94. The van der Waals surface area contributed by atoms with E-state index in [1.807, 2.05) is 54.1 Å². The molecule has 2 aromatic rings. The highest BCUT2D eigenvalue weighted by molar-refractivity contribution is 7.08. The minimum absolute atomic E-state index is 0.0424. The van der Waals surface area contributed by atoms with E-state index >= 15 is 0 Å². The Bertz CT molecular complexity index is 564. The first-order chi connectivity index (χ1) is 10.0. The van der Waals surface area contributed by atoms with E-state index in [1.165, 1.54) is 11.3 Å². The van der Waals surface area contributed by atoms with Gasteiger partial charge in [-0.05, 0) is 41.3 Å². The first kappa shape index (κ1) is 15.7. The lowest BCUT2D eigenvalue weighted by Gasteiger charge is -2.24. The van der Waals surface area contributed by atoms with E-state index in [0.717, 1.165) is 17.5 Å². The SMILES string of the molecule is CCC(C(=O)NCC(C)(O)c1ccsc1)c1ccccc1. The number of aliphatic hydroxyl groups is 1. The summed E-state index contributed by atoms with van der Waals surface area (Å²) in [7, 11) is 0. The Morgan fingerprint density at radius 2 is 2.05 bits per heavy atom. The minimum Gasteiger partial charge on any atom is -0.384 e. The van der Waals surface area contributed by atoms with Crippen LogP contribution in [0.3, 0.4) is 0 Å². The first-order valence-electron chi connectivity index (χ1n) is 7.12. The van der Waals surface area contributed by atoms with E-state index in [0.29, 0.717) is 0 Å². The van der Waals surface area contributed by atoms with Crippen molar-refractivity contribution in [2.24, 2.45) is 0 Å². The number of hydrogen-bond acceptors (Lipinski definition) is 3. The molecule has 2 unspecified atom stereocenters. The molecule has 2 atom stereocenters. The van der Waals surface area contributed by atoms with Gasteiger partial charge in [-0.25, -0.2) is 0 Å². The largest absolute Gasteiger partial charge is 0.384 e. The summed E-state index contributed by atoms with van der Waals surface area (Å²) in [6.07, 6.45) is 0.733. The van der Waals surface area contributed by atoms with Crippen LogP contribution in [0.4, 0.5) is 0 Å². The van der Waals surface area contributed by atoms with E-state index in [2.05, 4.69) is 5.32 Å². The van der Waals surface area contributed by atoms with E-state index in [4.69, 9.17) is 0 Å². The molecular weight excluding hydrogens is 282 g/mol. The normalized spacial score (nSPS) is 15.2. The molecule has 0 spiro atoms. The van der Waals surface area contributed by atoms with Crippen molar-refractivity contribution in [3.63, 3.8) is 0 Å². The standard InChI is InChI=1S/C17H21NO2S/c1-3-15(13-7-5-4-6-8-13)16(19)18-12-17(2,20)14-9-10-21-11-14/h4-11,15,20H,3,12H2,1-2H3,(H,18,19). The van der Waals surface area contributed by atoms with Crippen LogP contribution in [0.15, 0.2) is 47.2 Å². The third-order valence-electron chi connectivity index (χ3n) is 3.68. The fourth-order valence-electron chi connectivity index (χ4n) is 2.31. The van der Waals surface area contributed by atoms with Gasteiger partial charge in [-0.2, -0.15) is 11.3 Å². The van der Waals surface area contributed by atoms with Gasteiger partial charge >= 0.3 is 0 Å². The van der Waals surface area contributed by atoms with Crippen molar-refractivity contribution in [1.82, 2.24) is 5.32 Å². The average molecular weight is 303 g/mol. The van der Waals surface area contributed by atoms with Gasteiger partial charge in [0.15, 0.2) is 0 Å². The maximum absolute atomic E-state index is 12.4. The Labute approximate surface area is 129 Å². The van der Waals surface area contributed by atoms with Crippen molar-refractivity contribution >= 4 is 17.2 Å². The maximum Gasteiger partial charge on any atom is 0.227 e. The number of benzene rings is 1. The zero-order chi connectivity index (χ0) is 15.3. The summed E-state index contributed by atoms with van der Waals surface area (Å²) in [6, 6.07) is 11.6. The lowest BCUT2D eigenvalue weighted by molar-refractivity contribution is -0.123. The Morgan fingerprint density at radius 3 is 2.62 bits per heavy atom. The van der Waals surface area contributed by atoms with Crippen LogP contribution >= 0.6 is 11.3 Å². The number of rotatable bonds is 6. The second kappa shape index (κ2) is 6.87. The van der Waals surface area contributed by atoms with Crippen LogP contribution in [0.2, 0.25) is 0 Å². The number of nitrogens with one attached hydrogen (secondary N) is 1. The molecule has 1 aromatic carbocycles. The predicted octanol–water partition coefficient (Wildman–Crippen LogP) is 3.27. The molecule has 0 fully saturated rings. The van der Waals surface area contributed by atoms with Crippen LogP contribution in [0.1, 0.15) is 37.3 Å². The van der Waals surface area contributed by atoms with Crippen molar-refractivity contribution in [1.29, 1.82) is 0 Å². The Hall–Kier alpha value is -1.65. The number of carbonyl (C=O) groups is 1. The molecule has 21 heavy (non-hydrogen) atoms. The molecule has 2 N–H and O–H groups in total. The number of thiophene rings is 1. The second-order valence-electron chi connectivity index (χ2n) is 5.38. The summed E-state index contributed by atoms with van der Waals surface area (Å²) in [5.41, 5.74) is 0.804.